The van der Waals surface area contributed by atoms with Gasteiger partial charge in [-0.25, -0.2) is 0 Å². The highest BCUT2D eigenvalue weighted by atomic mass is 16.5. The molecular weight excluding hydrogens is 204 g/mol. The molecule has 0 radical (unpaired) electrons. The first-order valence-electron chi connectivity index (χ1n) is 5.69. The van der Waals surface area contributed by atoms with Crippen LogP contribution < -0.4 is 5.43 Å². The fourth-order valence-corrected chi connectivity index (χ4v) is 1.44. The van der Waals surface area contributed by atoms with E-state index in [1.54, 1.807) is 0 Å². The summed E-state index contributed by atoms with van der Waals surface area (Å²) < 4.78 is 6.94. The van der Waals surface area contributed by atoms with Crippen molar-refractivity contribution in [2.24, 2.45) is 0 Å². The molecule has 0 saturated carbocycles. The first kappa shape index (κ1) is 12.6. The molecule has 1 aromatic rings. The smallest absolute Gasteiger partial charge is 0.326 e. The first-order chi connectivity index (χ1) is 7.65. The lowest BCUT2D eigenvalue weighted by Gasteiger charge is -2.11. The predicted octanol–water partition coefficient (Wildman–Crippen LogP) is 1.99. The lowest BCUT2D eigenvalue weighted by molar-refractivity contribution is -0.141. The zero-order valence-corrected chi connectivity index (χ0v) is 10.2. The van der Waals surface area contributed by atoms with E-state index < -0.39 is 0 Å². The molecule has 0 bridgehead atoms. The second kappa shape index (κ2) is 6.20. The standard InChI is InChI=1S/C12H20N2O2/c1-4-5-8-16-12(15)9-13-14-10(2)6-7-11(14)3/h6-7,13H,4-5,8-9H2,1-3H3. The topological polar surface area (TPSA) is 43.3 Å². The molecule has 1 aromatic heterocycles. The third-order valence-corrected chi connectivity index (χ3v) is 2.41. The monoisotopic (exact) mass is 224 g/mol. The minimum atomic E-state index is -0.207. The van der Waals surface area contributed by atoms with E-state index in [4.69, 9.17) is 4.74 Å². The third kappa shape index (κ3) is 3.61. The summed E-state index contributed by atoms with van der Waals surface area (Å²) in [7, 11) is 0. The van der Waals surface area contributed by atoms with Crippen LogP contribution in [0.15, 0.2) is 12.1 Å². The number of nitrogens with one attached hydrogen (secondary N) is 1. The van der Waals surface area contributed by atoms with E-state index in [9.17, 15) is 4.79 Å². The summed E-state index contributed by atoms with van der Waals surface area (Å²) in [6, 6.07) is 4.01. The quantitative estimate of drug-likeness (QED) is 0.593. The summed E-state index contributed by atoms with van der Waals surface area (Å²) in [6.45, 7) is 6.77. The summed E-state index contributed by atoms with van der Waals surface area (Å²) in [5, 5.41) is 0. The highest BCUT2D eigenvalue weighted by molar-refractivity contribution is 5.72. The Labute approximate surface area is 96.6 Å². The molecule has 16 heavy (non-hydrogen) atoms. The van der Waals surface area contributed by atoms with Crippen molar-refractivity contribution in [1.29, 1.82) is 0 Å². The Kier molecular flexibility index (Phi) is 4.89. The largest absolute Gasteiger partial charge is 0.464 e. The Balaban J connectivity index is 2.32. The predicted molar refractivity (Wildman–Crippen MR) is 64.0 cm³/mol. The summed E-state index contributed by atoms with van der Waals surface area (Å²) in [6.07, 6.45) is 1.96. The number of nitrogens with zero attached hydrogens (tertiary/aromatic N) is 1. The van der Waals surface area contributed by atoms with Crippen LogP contribution in [0.3, 0.4) is 0 Å². The zero-order valence-electron chi connectivity index (χ0n) is 10.2. The number of hydrogen-bond acceptors (Lipinski definition) is 3. The number of aromatic nitrogens is 1. The van der Waals surface area contributed by atoms with Gasteiger partial charge in [0.25, 0.3) is 0 Å². The molecular formula is C12H20N2O2. The van der Waals surface area contributed by atoms with E-state index in [2.05, 4.69) is 12.3 Å². The molecule has 1 N–H and O–H groups in total. The van der Waals surface area contributed by atoms with Crippen LogP contribution in [-0.2, 0) is 9.53 Å². The van der Waals surface area contributed by atoms with Crippen molar-refractivity contribution < 1.29 is 9.53 Å². The molecule has 0 saturated heterocycles. The molecule has 0 aliphatic carbocycles. The van der Waals surface area contributed by atoms with Gasteiger partial charge in [0.1, 0.15) is 6.54 Å². The Morgan fingerprint density at radius 1 is 1.38 bits per heavy atom. The van der Waals surface area contributed by atoms with E-state index in [1.807, 2.05) is 30.7 Å². The first-order valence-corrected chi connectivity index (χ1v) is 5.69. The van der Waals surface area contributed by atoms with Crippen molar-refractivity contribution in [2.75, 3.05) is 18.6 Å². The second-order valence-electron chi connectivity index (χ2n) is 3.86. The van der Waals surface area contributed by atoms with Gasteiger partial charge in [-0.15, -0.1) is 0 Å². The number of aryl methyl sites for hydroxylation is 2. The second-order valence-corrected chi connectivity index (χ2v) is 3.86. The summed E-state index contributed by atoms with van der Waals surface area (Å²) in [5.74, 6) is -0.207. The molecule has 1 rings (SSSR count). The SMILES string of the molecule is CCCCOC(=O)CNn1c(C)ccc1C. The van der Waals surface area contributed by atoms with Crippen LogP contribution in [0, 0.1) is 13.8 Å². The van der Waals surface area contributed by atoms with Gasteiger partial charge in [0, 0.05) is 11.4 Å². The minimum Gasteiger partial charge on any atom is -0.464 e. The number of hydrogen-bond donors (Lipinski definition) is 1. The maximum absolute atomic E-state index is 11.3. The Morgan fingerprint density at radius 3 is 2.56 bits per heavy atom. The van der Waals surface area contributed by atoms with Crippen LogP contribution in [0.4, 0.5) is 0 Å². The van der Waals surface area contributed by atoms with Gasteiger partial charge in [0.2, 0.25) is 0 Å². The van der Waals surface area contributed by atoms with Crippen LogP contribution in [0.25, 0.3) is 0 Å². The fourth-order valence-electron chi connectivity index (χ4n) is 1.44. The number of rotatable bonds is 6. The van der Waals surface area contributed by atoms with Crippen molar-refractivity contribution in [3.05, 3.63) is 23.5 Å². The lowest BCUT2D eigenvalue weighted by Crippen LogP contribution is -2.25. The number of unbranched alkanes of at least 4 members (excludes halogenated alkanes) is 1. The van der Waals surface area contributed by atoms with Gasteiger partial charge in [0.05, 0.1) is 6.61 Å². The van der Waals surface area contributed by atoms with Gasteiger partial charge >= 0.3 is 5.97 Å². The van der Waals surface area contributed by atoms with Gasteiger partial charge in [-0.05, 0) is 32.4 Å². The fraction of sp³-hybridized carbons (Fsp3) is 0.583. The minimum absolute atomic E-state index is 0.207. The van der Waals surface area contributed by atoms with Gasteiger partial charge in [0.15, 0.2) is 0 Å². The van der Waals surface area contributed by atoms with E-state index in [0.29, 0.717) is 6.61 Å². The van der Waals surface area contributed by atoms with Gasteiger partial charge in [-0.2, -0.15) is 0 Å². The van der Waals surface area contributed by atoms with Crippen LogP contribution in [0.2, 0.25) is 0 Å². The maximum atomic E-state index is 11.3. The molecule has 90 valence electrons. The number of carbonyl (C=O) groups excluding carboxylic acids is 1. The van der Waals surface area contributed by atoms with Crippen LogP contribution >= 0.6 is 0 Å². The highest BCUT2D eigenvalue weighted by Gasteiger charge is 2.04. The van der Waals surface area contributed by atoms with Crippen molar-refractivity contribution in [2.45, 2.75) is 33.6 Å². The van der Waals surface area contributed by atoms with E-state index >= 15 is 0 Å². The number of ether oxygens (including phenoxy) is 1. The molecule has 0 amide bonds. The van der Waals surface area contributed by atoms with Crippen LogP contribution in [0.1, 0.15) is 31.2 Å². The van der Waals surface area contributed by atoms with Crippen molar-refractivity contribution in [3.8, 4) is 0 Å². The van der Waals surface area contributed by atoms with Crippen molar-refractivity contribution in [1.82, 2.24) is 4.68 Å². The molecule has 4 nitrogen and oxygen atoms in total. The van der Waals surface area contributed by atoms with E-state index in [0.717, 1.165) is 24.2 Å². The number of esters is 1. The maximum Gasteiger partial charge on any atom is 0.326 e. The van der Waals surface area contributed by atoms with Crippen LogP contribution in [0.5, 0.6) is 0 Å². The number of carbonyl (C=O) groups is 1. The summed E-state index contributed by atoms with van der Waals surface area (Å²) in [4.78, 5) is 11.3. The van der Waals surface area contributed by atoms with Gasteiger partial charge in [-0.3, -0.25) is 9.47 Å². The molecule has 4 heteroatoms. The van der Waals surface area contributed by atoms with Gasteiger partial charge in [-0.1, -0.05) is 13.3 Å². The molecule has 0 fully saturated rings. The molecule has 0 aliphatic heterocycles. The molecule has 0 unspecified atom stereocenters. The van der Waals surface area contributed by atoms with Crippen LogP contribution in [-0.4, -0.2) is 23.8 Å². The zero-order chi connectivity index (χ0) is 12.0. The third-order valence-electron chi connectivity index (χ3n) is 2.41. The normalized spacial score (nSPS) is 10.2. The van der Waals surface area contributed by atoms with Gasteiger partial charge < -0.3 is 10.2 Å². The molecule has 1 heterocycles. The average Bonchev–Trinajstić information content (AvgIpc) is 2.57. The van der Waals surface area contributed by atoms with Crippen molar-refractivity contribution in [3.63, 3.8) is 0 Å². The molecule has 0 aromatic carbocycles. The Bertz CT molecular complexity index is 325. The van der Waals surface area contributed by atoms with E-state index in [-0.39, 0.29) is 12.5 Å². The molecule has 0 atom stereocenters. The summed E-state index contributed by atoms with van der Waals surface area (Å²) in [5.41, 5.74) is 5.19. The Morgan fingerprint density at radius 2 is 2.00 bits per heavy atom. The Hall–Kier alpha value is -1.45. The lowest BCUT2D eigenvalue weighted by atomic mass is 10.4. The molecule has 0 aliphatic rings. The molecule has 0 spiro atoms. The average molecular weight is 224 g/mol. The highest BCUT2D eigenvalue weighted by Crippen LogP contribution is 2.03. The summed E-state index contributed by atoms with van der Waals surface area (Å²) >= 11 is 0. The van der Waals surface area contributed by atoms with Crippen molar-refractivity contribution >= 4 is 5.97 Å². The van der Waals surface area contributed by atoms with E-state index in [1.165, 1.54) is 0 Å².